The van der Waals surface area contributed by atoms with Gasteiger partial charge in [-0.25, -0.2) is 0 Å². The summed E-state index contributed by atoms with van der Waals surface area (Å²) in [6.07, 6.45) is 2.43. The van der Waals surface area contributed by atoms with Crippen LogP contribution < -0.4 is 16.2 Å². The molecule has 2 unspecified atom stereocenters. The minimum absolute atomic E-state index is 0. The van der Waals surface area contributed by atoms with Crippen molar-refractivity contribution in [2.45, 2.75) is 32.2 Å². The maximum Gasteiger partial charge on any atom is 0.248 e. The van der Waals surface area contributed by atoms with E-state index < -0.39 is 5.91 Å². The highest BCUT2D eigenvalue weighted by atomic mass is 35.5. The summed E-state index contributed by atoms with van der Waals surface area (Å²) in [6, 6.07) is 6.69. The molecule has 4 N–H and O–H groups in total. The van der Waals surface area contributed by atoms with Crippen LogP contribution in [0.5, 0.6) is 5.75 Å². The number of piperidine rings is 1. The van der Waals surface area contributed by atoms with Gasteiger partial charge in [0.25, 0.3) is 0 Å². The highest BCUT2D eigenvalue weighted by Gasteiger charge is 2.25. The Balaban J connectivity index is 0.00000288. The minimum atomic E-state index is -0.472. The third kappa shape index (κ3) is 5.69. The van der Waals surface area contributed by atoms with Crippen molar-refractivity contribution in [2.75, 3.05) is 19.7 Å². The van der Waals surface area contributed by atoms with Crippen molar-refractivity contribution in [3.63, 3.8) is 0 Å². The normalized spacial score (nSPS) is 18.4. The van der Waals surface area contributed by atoms with E-state index in [0.29, 0.717) is 30.3 Å². The van der Waals surface area contributed by atoms with Crippen LogP contribution in [-0.2, 0) is 4.79 Å². The van der Waals surface area contributed by atoms with E-state index in [4.69, 9.17) is 16.2 Å². The second-order valence-electron chi connectivity index (χ2n) is 6.09. The van der Waals surface area contributed by atoms with Crippen molar-refractivity contribution in [2.24, 2.45) is 17.4 Å². The van der Waals surface area contributed by atoms with Gasteiger partial charge >= 0.3 is 0 Å². The number of amides is 2. The third-order valence-corrected chi connectivity index (χ3v) is 4.28. The molecule has 7 heteroatoms. The van der Waals surface area contributed by atoms with E-state index in [-0.39, 0.29) is 24.4 Å². The van der Waals surface area contributed by atoms with Crippen LogP contribution >= 0.6 is 12.4 Å². The van der Waals surface area contributed by atoms with E-state index in [1.807, 2.05) is 11.8 Å². The highest BCUT2D eigenvalue weighted by Crippen LogP contribution is 2.19. The summed E-state index contributed by atoms with van der Waals surface area (Å²) in [5.74, 6) is 0.634. The SMILES string of the molecule is CC(N)C1CCCN(C(=O)CCOc2ccc(C(N)=O)cc2)C1.Cl. The van der Waals surface area contributed by atoms with Crippen LogP contribution in [0.2, 0.25) is 0 Å². The monoisotopic (exact) mass is 355 g/mol. The Morgan fingerprint density at radius 1 is 1.33 bits per heavy atom. The number of benzene rings is 1. The molecule has 1 aromatic carbocycles. The van der Waals surface area contributed by atoms with Gasteiger partial charge in [-0.05, 0) is 49.9 Å². The average Bonchev–Trinajstić information content (AvgIpc) is 2.55. The molecule has 1 aromatic rings. The fourth-order valence-corrected chi connectivity index (χ4v) is 2.80. The van der Waals surface area contributed by atoms with Gasteiger partial charge in [-0.15, -0.1) is 12.4 Å². The summed E-state index contributed by atoms with van der Waals surface area (Å²) in [5, 5.41) is 0. The van der Waals surface area contributed by atoms with Crippen LogP contribution in [0.1, 0.15) is 36.5 Å². The molecule has 1 heterocycles. The van der Waals surface area contributed by atoms with Crippen LogP contribution in [0.15, 0.2) is 24.3 Å². The molecule has 1 aliphatic rings. The fourth-order valence-electron chi connectivity index (χ4n) is 2.80. The molecular weight excluding hydrogens is 330 g/mol. The van der Waals surface area contributed by atoms with E-state index in [1.54, 1.807) is 24.3 Å². The standard InChI is InChI=1S/C17H25N3O3.ClH/c1-12(18)14-3-2-9-20(11-14)16(21)8-10-23-15-6-4-13(5-7-15)17(19)22;/h4-7,12,14H,2-3,8-11,18H2,1H3,(H2,19,22);1H. The topological polar surface area (TPSA) is 98.7 Å². The molecule has 0 aliphatic carbocycles. The second-order valence-corrected chi connectivity index (χ2v) is 6.09. The number of halogens is 1. The van der Waals surface area contributed by atoms with Crippen molar-refractivity contribution in [3.05, 3.63) is 29.8 Å². The van der Waals surface area contributed by atoms with Crippen molar-refractivity contribution < 1.29 is 14.3 Å². The first-order valence-electron chi connectivity index (χ1n) is 8.03. The number of likely N-dealkylation sites (tertiary alicyclic amines) is 1. The Labute approximate surface area is 148 Å². The predicted octanol–water partition coefficient (Wildman–Crippen LogP) is 1.56. The summed E-state index contributed by atoms with van der Waals surface area (Å²) in [7, 11) is 0. The van der Waals surface area contributed by atoms with Gasteiger partial charge in [0.15, 0.2) is 0 Å². The molecule has 24 heavy (non-hydrogen) atoms. The number of nitrogens with two attached hydrogens (primary N) is 2. The maximum absolute atomic E-state index is 12.2. The Hall–Kier alpha value is -1.79. The fraction of sp³-hybridized carbons (Fsp3) is 0.529. The Morgan fingerprint density at radius 2 is 2.00 bits per heavy atom. The second kappa shape index (κ2) is 9.49. The first-order valence-corrected chi connectivity index (χ1v) is 8.03. The molecule has 0 bridgehead atoms. The van der Waals surface area contributed by atoms with Crippen LogP contribution in [-0.4, -0.2) is 42.5 Å². The van der Waals surface area contributed by atoms with E-state index in [0.717, 1.165) is 25.9 Å². The molecule has 0 spiro atoms. The summed E-state index contributed by atoms with van der Waals surface area (Å²) < 4.78 is 5.55. The summed E-state index contributed by atoms with van der Waals surface area (Å²) in [6.45, 7) is 3.85. The van der Waals surface area contributed by atoms with Gasteiger partial charge in [0.2, 0.25) is 11.8 Å². The van der Waals surface area contributed by atoms with E-state index in [9.17, 15) is 9.59 Å². The first-order chi connectivity index (χ1) is 11.0. The van der Waals surface area contributed by atoms with Gasteiger partial charge in [-0.1, -0.05) is 0 Å². The number of rotatable bonds is 6. The molecule has 0 radical (unpaired) electrons. The van der Waals surface area contributed by atoms with Crippen molar-refractivity contribution in [3.8, 4) is 5.75 Å². The van der Waals surface area contributed by atoms with Crippen LogP contribution in [0.4, 0.5) is 0 Å². The summed E-state index contributed by atoms with van der Waals surface area (Å²) in [4.78, 5) is 25.1. The number of ether oxygens (including phenoxy) is 1. The van der Waals surface area contributed by atoms with E-state index >= 15 is 0 Å². The molecule has 6 nitrogen and oxygen atoms in total. The quantitative estimate of drug-likeness (QED) is 0.808. The van der Waals surface area contributed by atoms with Gasteiger partial charge in [0.1, 0.15) is 5.75 Å². The van der Waals surface area contributed by atoms with Gasteiger partial charge in [-0.3, -0.25) is 9.59 Å². The Kier molecular flexibility index (Phi) is 8.01. The number of primary amides is 1. The maximum atomic E-state index is 12.2. The molecule has 1 fully saturated rings. The van der Waals surface area contributed by atoms with Crippen LogP contribution in [0.25, 0.3) is 0 Å². The molecule has 2 amide bonds. The third-order valence-electron chi connectivity index (χ3n) is 4.28. The van der Waals surface area contributed by atoms with Crippen LogP contribution in [0, 0.1) is 5.92 Å². The zero-order valence-electron chi connectivity index (χ0n) is 13.9. The van der Waals surface area contributed by atoms with Crippen molar-refractivity contribution in [1.82, 2.24) is 4.90 Å². The van der Waals surface area contributed by atoms with E-state index in [2.05, 4.69) is 0 Å². The van der Waals surface area contributed by atoms with Crippen molar-refractivity contribution in [1.29, 1.82) is 0 Å². The number of hydrogen-bond donors (Lipinski definition) is 2. The number of nitrogens with zero attached hydrogens (tertiary/aromatic N) is 1. The molecule has 1 saturated heterocycles. The zero-order chi connectivity index (χ0) is 16.8. The summed E-state index contributed by atoms with van der Waals surface area (Å²) in [5.41, 5.74) is 11.6. The smallest absolute Gasteiger partial charge is 0.248 e. The van der Waals surface area contributed by atoms with Gasteiger partial charge < -0.3 is 21.1 Å². The molecule has 1 aliphatic heterocycles. The largest absolute Gasteiger partial charge is 0.493 e. The lowest BCUT2D eigenvalue weighted by atomic mass is 9.92. The number of carbonyl (C=O) groups excluding carboxylic acids is 2. The highest BCUT2D eigenvalue weighted by molar-refractivity contribution is 5.92. The Bertz CT molecular complexity index is 549. The summed E-state index contributed by atoms with van der Waals surface area (Å²) >= 11 is 0. The number of carbonyl (C=O) groups is 2. The number of hydrogen-bond acceptors (Lipinski definition) is 4. The van der Waals surface area contributed by atoms with Gasteiger partial charge in [-0.2, -0.15) is 0 Å². The van der Waals surface area contributed by atoms with Gasteiger partial charge in [0, 0.05) is 24.7 Å². The first kappa shape index (κ1) is 20.3. The molecule has 0 aromatic heterocycles. The lowest BCUT2D eigenvalue weighted by molar-refractivity contribution is -0.133. The predicted molar refractivity (Wildman–Crippen MR) is 95.3 cm³/mol. The zero-order valence-corrected chi connectivity index (χ0v) is 14.8. The lowest BCUT2D eigenvalue weighted by Gasteiger charge is -2.34. The lowest BCUT2D eigenvalue weighted by Crippen LogP contribution is -2.45. The molecule has 0 saturated carbocycles. The van der Waals surface area contributed by atoms with Gasteiger partial charge in [0.05, 0.1) is 13.0 Å². The van der Waals surface area contributed by atoms with Crippen molar-refractivity contribution >= 4 is 24.2 Å². The molecule has 134 valence electrons. The molecular formula is C17H26ClN3O3. The molecule has 2 rings (SSSR count). The average molecular weight is 356 g/mol. The van der Waals surface area contributed by atoms with Crippen LogP contribution in [0.3, 0.4) is 0 Å². The van der Waals surface area contributed by atoms with E-state index in [1.165, 1.54) is 0 Å². The minimum Gasteiger partial charge on any atom is -0.493 e. The molecule has 2 atom stereocenters. The Morgan fingerprint density at radius 3 is 2.58 bits per heavy atom.